The third-order valence-corrected chi connectivity index (χ3v) is 5.56. The zero-order valence-electron chi connectivity index (χ0n) is 15.6. The molecule has 0 unspecified atom stereocenters. The Morgan fingerprint density at radius 1 is 0.929 bits per heavy atom. The Morgan fingerprint density at radius 2 is 1.68 bits per heavy atom. The molecule has 3 aromatic carbocycles. The number of benzene rings is 3. The second kappa shape index (κ2) is 7.17. The van der Waals surface area contributed by atoms with Gasteiger partial charge in [0.25, 0.3) is 0 Å². The lowest BCUT2D eigenvalue weighted by atomic mass is 9.92. The molecule has 5 heteroatoms. The molecule has 0 heterocycles. The number of anilines is 2. The first kappa shape index (κ1) is 18.3. The SMILES string of the molecule is CS(=O)(=O)Nc1cccc(/C=C2/c3ccccc3CCc3c(N)cccc32)c1. The molecule has 4 nitrogen and oxygen atoms in total. The topological polar surface area (TPSA) is 72.2 Å². The Hall–Kier alpha value is -3.05. The number of nitrogens with two attached hydrogens (primary N) is 1. The van der Waals surface area contributed by atoms with E-state index in [0.717, 1.165) is 47.0 Å². The first-order valence-corrected chi connectivity index (χ1v) is 11.1. The molecule has 4 rings (SSSR count). The van der Waals surface area contributed by atoms with Gasteiger partial charge in [-0.25, -0.2) is 8.42 Å². The average Bonchev–Trinajstić information content (AvgIpc) is 2.79. The van der Waals surface area contributed by atoms with Crippen molar-refractivity contribution in [2.45, 2.75) is 12.8 Å². The first-order chi connectivity index (χ1) is 13.4. The predicted octanol–water partition coefficient (Wildman–Crippen LogP) is 4.33. The number of aryl methyl sites for hydroxylation is 1. The van der Waals surface area contributed by atoms with Gasteiger partial charge in [-0.2, -0.15) is 0 Å². The van der Waals surface area contributed by atoms with Crippen molar-refractivity contribution in [3.8, 4) is 0 Å². The maximum Gasteiger partial charge on any atom is 0.229 e. The van der Waals surface area contributed by atoms with Gasteiger partial charge in [0.15, 0.2) is 0 Å². The molecule has 0 saturated carbocycles. The minimum atomic E-state index is -3.32. The molecule has 0 fully saturated rings. The highest BCUT2D eigenvalue weighted by Gasteiger charge is 2.19. The van der Waals surface area contributed by atoms with Crippen molar-refractivity contribution in [3.05, 3.63) is 94.5 Å². The molecular weight excluding hydrogens is 368 g/mol. The van der Waals surface area contributed by atoms with Gasteiger partial charge in [-0.3, -0.25) is 4.72 Å². The van der Waals surface area contributed by atoms with Crippen molar-refractivity contribution in [1.29, 1.82) is 0 Å². The van der Waals surface area contributed by atoms with E-state index in [2.05, 4.69) is 35.1 Å². The summed E-state index contributed by atoms with van der Waals surface area (Å²) in [6.07, 6.45) is 5.09. The molecule has 3 aromatic rings. The summed E-state index contributed by atoms with van der Waals surface area (Å²) in [5.41, 5.74) is 14.4. The molecule has 0 saturated heterocycles. The van der Waals surface area contributed by atoms with E-state index in [4.69, 9.17) is 5.73 Å². The minimum absolute atomic E-state index is 0.548. The molecule has 1 aliphatic rings. The summed E-state index contributed by atoms with van der Waals surface area (Å²) in [4.78, 5) is 0. The molecule has 28 heavy (non-hydrogen) atoms. The van der Waals surface area contributed by atoms with E-state index in [0.29, 0.717) is 5.69 Å². The number of sulfonamides is 1. The van der Waals surface area contributed by atoms with Crippen molar-refractivity contribution in [3.63, 3.8) is 0 Å². The summed E-state index contributed by atoms with van der Waals surface area (Å²) in [5.74, 6) is 0. The molecule has 0 aromatic heterocycles. The Labute approximate surface area is 165 Å². The molecule has 142 valence electrons. The molecule has 0 spiro atoms. The fraction of sp³-hybridized carbons (Fsp3) is 0.130. The Morgan fingerprint density at radius 3 is 2.50 bits per heavy atom. The third-order valence-electron chi connectivity index (χ3n) is 4.96. The van der Waals surface area contributed by atoms with E-state index in [9.17, 15) is 8.42 Å². The van der Waals surface area contributed by atoms with Gasteiger partial charge in [-0.1, -0.05) is 48.5 Å². The first-order valence-electron chi connectivity index (χ1n) is 9.16. The van der Waals surface area contributed by atoms with Crippen LogP contribution < -0.4 is 10.5 Å². The highest BCUT2D eigenvalue weighted by Crippen LogP contribution is 2.37. The molecule has 3 N–H and O–H groups in total. The van der Waals surface area contributed by atoms with Gasteiger partial charge in [-0.05, 0) is 70.5 Å². The monoisotopic (exact) mass is 390 g/mol. The number of hydrogen-bond acceptors (Lipinski definition) is 3. The number of rotatable bonds is 3. The smallest absolute Gasteiger partial charge is 0.229 e. The van der Waals surface area contributed by atoms with Crippen LogP contribution in [0.2, 0.25) is 0 Å². The van der Waals surface area contributed by atoms with Crippen LogP contribution in [-0.4, -0.2) is 14.7 Å². The fourth-order valence-corrected chi connectivity index (χ4v) is 4.33. The van der Waals surface area contributed by atoms with Crippen molar-refractivity contribution >= 4 is 33.0 Å². The highest BCUT2D eigenvalue weighted by molar-refractivity contribution is 7.92. The summed E-state index contributed by atoms with van der Waals surface area (Å²) >= 11 is 0. The van der Waals surface area contributed by atoms with Gasteiger partial charge >= 0.3 is 0 Å². The number of nitrogen functional groups attached to an aromatic ring is 1. The van der Waals surface area contributed by atoms with E-state index >= 15 is 0 Å². The normalized spacial score (nSPS) is 14.8. The standard InChI is InChI=1S/C23H22N2O2S/c1-28(26,27)25-18-8-4-6-16(14-18)15-22-19-9-3-2-7-17(19)12-13-21-20(22)10-5-11-23(21)24/h2-11,14-15,25H,12-13,24H2,1H3/b22-15-. The van der Waals surface area contributed by atoms with Crippen LogP contribution in [0.3, 0.4) is 0 Å². The van der Waals surface area contributed by atoms with Gasteiger partial charge in [0, 0.05) is 11.4 Å². The number of hydrogen-bond donors (Lipinski definition) is 2. The van der Waals surface area contributed by atoms with Gasteiger partial charge in [0.1, 0.15) is 0 Å². The van der Waals surface area contributed by atoms with Crippen molar-refractivity contribution in [2.75, 3.05) is 16.7 Å². The Kier molecular flexibility index (Phi) is 4.69. The quantitative estimate of drug-likeness (QED) is 0.654. The molecule has 0 radical (unpaired) electrons. The lowest BCUT2D eigenvalue weighted by molar-refractivity contribution is 0.607. The number of fused-ring (bicyclic) bond motifs is 2. The van der Waals surface area contributed by atoms with Gasteiger partial charge in [-0.15, -0.1) is 0 Å². The van der Waals surface area contributed by atoms with Crippen LogP contribution in [0.5, 0.6) is 0 Å². The van der Waals surface area contributed by atoms with E-state index < -0.39 is 10.0 Å². The van der Waals surface area contributed by atoms with E-state index in [1.165, 1.54) is 11.1 Å². The lowest BCUT2D eigenvalue weighted by Gasteiger charge is -2.14. The second-order valence-corrected chi connectivity index (χ2v) is 8.84. The molecule has 0 atom stereocenters. The summed E-state index contributed by atoms with van der Waals surface area (Å²) in [6.45, 7) is 0. The Bertz CT molecular complexity index is 1180. The lowest BCUT2D eigenvalue weighted by Crippen LogP contribution is -2.09. The van der Waals surface area contributed by atoms with Crippen LogP contribution in [0, 0.1) is 0 Å². The van der Waals surface area contributed by atoms with Gasteiger partial charge in [0.05, 0.1) is 6.26 Å². The zero-order chi connectivity index (χ0) is 19.7. The van der Waals surface area contributed by atoms with Crippen LogP contribution in [0.1, 0.15) is 27.8 Å². The van der Waals surface area contributed by atoms with E-state index in [1.54, 1.807) is 6.07 Å². The molecule has 0 amide bonds. The molecular formula is C23H22N2O2S. The van der Waals surface area contributed by atoms with Gasteiger partial charge < -0.3 is 5.73 Å². The van der Waals surface area contributed by atoms with Crippen LogP contribution in [-0.2, 0) is 22.9 Å². The summed E-state index contributed by atoms with van der Waals surface area (Å²) < 4.78 is 25.7. The molecule has 0 bridgehead atoms. The van der Waals surface area contributed by atoms with Crippen LogP contribution in [0.4, 0.5) is 11.4 Å². The van der Waals surface area contributed by atoms with E-state index in [-0.39, 0.29) is 0 Å². The Balaban J connectivity index is 1.89. The third kappa shape index (κ3) is 3.80. The largest absolute Gasteiger partial charge is 0.398 e. The maximum absolute atomic E-state index is 11.6. The van der Waals surface area contributed by atoms with E-state index in [1.807, 2.05) is 36.4 Å². The highest BCUT2D eigenvalue weighted by atomic mass is 32.2. The second-order valence-electron chi connectivity index (χ2n) is 7.09. The average molecular weight is 391 g/mol. The van der Waals surface area contributed by atoms with Crippen molar-refractivity contribution in [2.24, 2.45) is 0 Å². The summed E-state index contributed by atoms with van der Waals surface area (Å²) in [5, 5.41) is 0. The van der Waals surface area contributed by atoms with Crippen molar-refractivity contribution < 1.29 is 8.42 Å². The van der Waals surface area contributed by atoms with Crippen LogP contribution in [0.15, 0.2) is 66.7 Å². The maximum atomic E-state index is 11.6. The summed E-state index contributed by atoms with van der Waals surface area (Å²) in [6, 6.07) is 21.9. The number of nitrogens with one attached hydrogen (secondary N) is 1. The van der Waals surface area contributed by atoms with Crippen LogP contribution in [0.25, 0.3) is 11.6 Å². The minimum Gasteiger partial charge on any atom is -0.398 e. The van der Waals surface area contributed by atoms with Gasteiger partial charge in [0.2, 0.25) is 10.0 Å². The molecule has 1 aliphatic carbocycles. The predicted molar refractivity (Wildman–Crippen MR) is 117 cm³/mol. The zero-order valence-corrected chi connectivity index (χ0v) is 16.5. The van der Waals surface area contributed by atoms with Crippen molar-refractivity contribution in [1.82, 2.24) is 0 Å². The summed E-state index contributed by atoms with van der Waals surface area (Å²) in [7, 11) is -3.32. The molecule has 0 aliphatic heterocycles. The fourth-order valence-electron chi connectivity index (χ4n) is 3.77. The van der Waals surface area contributed by atoms with Crippen LogP contribution >= 0.6 is 0 Å².